The molecular weight excluding hydrogens is 287 g/mol. The summed E-state index contributed by atoms with van der Waals surface area (Å²) in [6, 6.07) is 4.53. The minimum Gasteiger partial charge on any atom is -0.494 e. The molecule has 0 aromatic heterocycles. The van der Waals surface area contributed by atoms with E-state index in [2.05, 4.69) is 5.32 Å². The molecule has 3 N–H and O–H groups in total. The van der Waals surface area contributed by atoms with Crippen LogP contribution in [0.3, 0.4) is 0 Å². The maximum absolute atomic E-state index is 13.6. The zero-order valence-electron chi connectivity index (χ0n) is 13.0. The van der Waals surface area contributed by atoms with Gasteiger partial charge in [0.15, 0.2) is 11.6 Å². The van der Waals surface area contributed by atoms with Crippen molar-refractivity contribution >= 4 is 5.91 Å². The van der Waals surface area contributed by atoms with E-state index in [1.54, 1.807) is 19.2 Å². The van der Waals surface area contributed by atoms with Crippen LogP contribution in [0.5, 0.6) is 5.75 Å². The molecule has 1 aliphatic rings. The molecule has 5 nitrogen and oxygen atoms in total. The highest BCUT2D eigenvalue weighted by Crippen LogP contribution is 2.25. The minimum absolute atomic E-state index is 0.0275. The predicted molar refractivity (Wildman–Crippen MR) is 80.9 cm³/mol. The highest BCUT2D eigenvalue weighted by Gasteiger charge is 2.31. The summed E-state index contributed by atoms with van der Waals surface area (Å²) in [6.07, 6.45) is 2.18. The Bertz CT molecular complexity index is 524. The number of methoxy groups -OCH3 is 2. The summed E-state index contributed by atoms with van der Waals surface area (Å²) in [4.78, 5) is 12.2. The van der Waals surface area contributed by atoms with Crippen LogP contribution in [-0.4, -0.2) is 32.3 Å². The average molecular weight is 310 g/mol. The van der Waals surface area contributed by atoms with E-state index in [4.69, 9.17) is 15.2 Å². The molecular formula is C16H23FN2O3. The van der Waals surface area contributed by atoms with Crippen molar-refractivity contribution in [3.63, 3.8) is 0 Å². The molecule has 1 aliphatic carbocycles. The Morgan fingerprint density at radius 2 is 2.18 bits per heavy atom. The van der Waals surface area contributed by atoms with Crippen molar-refractivity contribution in [2.75, 3.05) is 14.2 Å². The molecule has 22 heavy (non-hydrogen) atoms. The zero-order chi connectivity index (χ0) is 16.1. The first kappa shape index (κ1) is 16.7. The lowest BCUT2D eigenvalue weighted by Crippen LogP contribution is -2.45. The van der Waals surface area contributed by atoms with E-state index in [1.165, 1.54) is 13.2 Å². The second-order valence-electron chi connectivity index (χ2n) is 5.63. The summed E-state index contributed by atoms with van der Waals surface area (Å²) in [7, 11) is 3.06. The number of rotatable bonds is 5. The molecule has 3 atom stereocenters. The number of nitrogens with one attached hydrogen (secondary N) is 1. The normalized spacial score (nSPS) is 24.8. The number of hydrogen-bond acceptors (Lipinski definition) is 4. The summed E-state index contributed by atoms with van der Waals surface area (Å²) in [5.74, 6) is -0.387. The Labute approximate surface area is 130 Å². The third-order valence-electron chi connectivity index (χ3n) is 4.19. The first-order chi connectivity index (χ1) is 10.5. The molecule has 0 unspecified atom stereocenters. The van der Waals surface area contributed by atoms with Gasteiger partial charge in [-0.3, -0.25) is 4.79 Å². The molecule has 1 fully saturated rings. The van der Waals surface area contributed by atoms with Crippen molar-refractivity contribution in [2.45, 2.75) is 38.0 Å². The van der Waals surface area contributed by atoms with Crippen LogP contribution >= 0.6 is 0 Å². The monoisotopic (exact) mass is 310 g/mol. The van der Waals surface area contributed by atoms with Crippen LogP contribution in [0.1, 0.15) is 24.8 Å². The van der Waals surface area contributed by atoms with Crippen molar-refractivity contribution < 1.29 is 18.7 Å². The lowest BCUT2D eigenvalue weighted by molar-refractivity contribution is -0.127. The Morgan fingerprint density at radius 3 is 2.77 bits per heavy atom. The number of amides is 1. The number of carbonyl (C=O) groups excluding carboxylic acids is 1. The van der Waals surface area contributed by atoms with Gasteiger partial charge >= 0.3 is 0 Å². The van der Waals surface area contributed by atoms with Gasteiger partial charge in [-0.05, 0) is 37.0 Å². The maximum Gasteiger partial charge on any atom is 0.223 e. The van der Waals surface area contributed by atoms with Gasteiger partial charge in [0.25, 0.3) is 0 Å². The van der Waals surface area contributed by atoms with E-state index < -0.39 is 5.82 Å². The highest BCUT2D eigenvalue weighted by atomic mass is 19.1. The molecule has 1 amide bonds. The zero-order valence-corrected chi connectivity index (χ0v) is 13.0. The van der Waals surface area contributed by atoms with Gasteiger partial charge < -0.3 is 20.5 Å². The Kier molecular flexibility index (Phi) is 5.74. The number of carbonyl (C=O) groups is 1. The fourth-order valence-electron chi connectivity index (χ4n) is 2.86. The van der Waals surface area contributed by atoms with E-state index in [0.29, 0.717) is 18.5 Å². The molecule has 0 aliphatic heterocycles. The molecule has 0 spiro atoms. The van der Waals surface area contributed by atoms with Gasteiger partial charge in [0.1, 0.15) is 0 Å². The SMILES string of the molecule is COc1ccc(CNC(=O)[C@H]2CC[C@@H](OC)[C@H](N)C2)cc1F. The summed E-state index contributed by atoms with van der Waals surface area (Å²) >= 11 is 0. The maximum atomic E-state index is 13.6. The third-order valence-corrected chi connectivity index (χ3v) is 4.19. The van der Waals surface area contributed by atoms with Crippen molar-refractivity contribution in [1.29, 1.82) is 0 Å². The van der Waals surface area contributed by atoms with Crippen molar-refractivity contribution in [3.8, 4) is 5.75 Å². The Hall–Kier alpha value is -1.66. The molecule has 1 aromatic rings. The largest absolute Gasteiger partial charge is 0.494 e. The summed E-state index contributed by atoms with van der Waals surface area (Å²) in [6.45, 7) is 0.291. The van der Waals surface area contributed by atoms with Crippen molar-refractivity contribution in [1.82, 2.24) is 5.32 Å². The second kappa shape index (κ2) is 7.56. The van der Waals surface area contributed by atoms with Crippen LogP contribution in [-0.2, 0) is 16.1 Å². The predicted octanol–water partition coefficient (Wildman–Crippen LogP) is 1.59. The molecule has 0 heterocycles. The van der Waals surface area contributed by atoms with Gasteiger partial charge in [0, 0.05) is 25.6 Å². The molecule has 2 rings (SSSR count). The summed E-state index contributed by atoms with van der Waals surface area (Å²) in [5, 5.41) is 2.84. The van der Waals surface area contributed by atoms with Gasteiger partial charge in [-0.25, -0.2) is 4.39 Å². The van der Waals surface area contributed by atoms with E-state index in [0.717, 1.165) is 12.8 Å². The van der Waals surface area contributed by atoms with Crippen LogP contribution in [0.4, 0.5) is 4.39 Å². The molecule has 0 radical (unpaired) electrons. The Morgan fingerprint density at radius 1 is 1.41 bits per heavy atom. The van der Waals surface area contributed by atoms with E-state index in [9.17, 15) is 9.18 Å². The fraction of sp³-hybridized carbons (Fsp3) is 0.562. The molecule has 1 aromatic carbocycles. The van der Waals surface area contributed by atoms with Crippen molar-refractivity contribution in [3.05, 3.63) is 29.6 Å². The van der Waals surface area contributed by atoms with E-state index >= 15 is 0 Å². The lowest BCUT2D eigenvalue weighted by Gasteiger charge is -2.32. The van der Waals surface area contributed by atoms with Gasteiger partial charge in [-0.15, -0.1) is 0 Å². The van der Waals surface area contributed by atoms with E-state index in [-0.39, 0.29) is 29.7 Å². The smallest absolute Gasteiger partial charge is 0.223 e. The third kappa shape index (κ3) is 3.96. The Balaban J connectivity index is 1.86. The van der Waals surface area contributed by atoms with Gasteiger partial charge in [-0.2, -0.15) is 0 Å². The minimum atomic E-state index is -0.433. The number of benzene rings is 1. The van der Waals surface area contributed by atoms with Crippen LogP contribution in [0.25, 0.3) is 0 Å². The lowest BCUT2D eigenvalue weighted by atomic mass is 9.83. The summed E-state index contributed by atoms with van der Waals surface area (Å²) < 4.78 is 23.7. The standard InChI is InChI=1S/C16H23FN2O3/c1-21-14-5-3-10(7-12(14)17)9-19-16(20)11-4-6-15(22-2)13(18)8-11/h3,5,7,11,13,15H,4,6,8-9,18H2,1-2H3,(H,19,20)/t11-,13+,15+/m0/s1. The number of ether oxygens (including phenoxy) is 2. The van der Waals surface area contributed by atoms with Crippen molar-refractivity contribution in [2.24, 2.45) is 11.7 Å². The number of halogens is 1. The average Bonchev–Trinajstić information content (AvgIpc) is 2.52. The fourth-order valence-corrected chi connectivity index (χ4v) is 2.86. The number of hydrogen-bond donors (Lipinski definition) is 2. The molecule has 0 bridgehead atoms. The molecule has 6 heteroatoms. The van der Waals surface area contributed by atoms with Crippen LogP contribution in [0.15, 0.2) is 18.2 Å². The first-order valence-corrected chi connectivity index (χ1v) is 7.43. The van der Waals surface area contributed by atoms with Gasteiger partial charge in [0.2, 0.25) is 5.91 Å². The van der Waals surface area contributed by atoms with Gasteiger partial charge in [-0.1, -0.05) is 6.07 Å². The number of nitrogens with two attached hydrogens (primary N) is 1. The molecule has 0 saturated heterocycles. The van der Waals surface area contributed by atoms with Gasteiger partial charge in [0.05, 0.1) is 13.2 Å². The second-order valence-corrected chi connectivity index (χ2v) is 5.63. The highest BCUT2D eigenvalue weighted by molar-refractivity contribution is 5.78. The van der Waals surface area contributed by atoms with Crippen LogP contribution < -0.4 is 15.8 Å². The topological polar surface area (TPSA) is 73.6 Å². The first-order valence-electron chi connectivity index (χ1n) is 7.43. The quantitative estimate of drug-likeness (QED) is 0.866. The van der Waals surface area contributed by atoms with E-state index in [1.807, 2.05) is 0 Å². The summed E-state index contributed by atoms with van der Waals surface area (Å²) in [5.41, 5.74) is 6.70. The molecule has 122 valence electrons. The van der Waals surface area contributed by atoms with Crippen LogP contribution in [0, 0.1) is 11.7 Å². The molecule has 1 saturated carbocycles. The van der Waals surface area contributed by atoms with Crippen LogP contribution in [0.2, 0.25) is 0 Å².